The number of hydrogen-bond acceptors (Lipinski definition) is 4. The summed E-state index contributed by atoms with van der Waals surface area (Å²) in [4.78, 5) is 8.02. The molecule has 0 aromatic rings. The Kier molecular flexibility index (Phi) is 9.26. The molecule has 2 atom stereocenters. The molecule has 2 saturated heterocycles. The molecular formula is C24H42N4. The highest BCUT2D eigenvalue weighted by Crippen LogP contribution is 2.20. The number of likely N-dealkylation sites (tertiary alicyclic amines) is 1. The molecule has 0 amide bonds. The Labute approximate surface area is 173 Å². The third kappa shape index (κ3) is 6.84. The van der Waals surface area contributed by atoms with Crippen LogP contribution in [0.3, 0.4) is 0 Å². The molecule has 2 aliphatic heterocycles. The summed E-state index contributed by atoms with van der Waals surface area (Å²) >= 11 is 0. The summed E-state index contributed by atoms with van der Waals surface area (Å²) in [6.07, 6.45) is 19.2. The fourth-order valence-corrected chi connectivity index (χ4v) is 4.81. The molecule has 0 radical (unpaired) electrons. The van der Waals surface area contributed by atoms with E-state index in [1.807, 2.05) is 0 Å². The molecule has 0 bridgehead atoms. The third-order valence-corrected chi connectivity index (χ3v) is 6.72. The van der Waals surface area contributed by atoms with Crippen LogP contribution in [0.5, 0.6) is 0 Å². The molecule has 0 aromatic carbocycles. The molecule has 3 rings (SSSR count). The van der Waals surface area contributed by atoms with Crippen molar-refractivity contribution < 1.29 is 0 Å². The van der Waals surface area contributed by atoms with Crippen LogP contribution in [-0.4, -0.2) is 86.2 Å². The van der Waals surface area contributed by atoms with Gasteiger partial charge in [-0.15, -0.1) is 0 Å². The Hall–Kier alpha value is -0.940. The van der Waals surface area contributed by atoms with Crippen LogP contribution in [0.2, 0.25) is 0 Å². The van der Waals surface area contributed by atoms with Crippen molar-refractivity contribution in [2.24, 2.45) is 0 Å². The lowest BCUT2D eigenvalue weighted by Crippen LogP contribution is -2.52. The number of likely N-dealkylation sites (N-methyl/N-ethyl adjacent to an activating group) is 1. The van der Waals surface area contributed by atoms with Gasteiger partial charge in [0.2, 0.25) is 0 Å². The van der Waals surface area contributed by atoms with Gasteiger partial charge in [0, 0.05) is 44.8 Å². The van der Waals surface area contributed by atoms with E-state index >= 15 is 0 Å². The zero-order valence-electron chi connectivity index (χ0n) is 18.3. The van der Waals surface area contributed by atoms with Crippen molar-refractivity contribution >= 4 is 0 Å². The zero-order valence-corrected chi connectivity index (χ0v) is 18.3. The highest BCUT2D eigenvalue weighted by molar-refractivity contribution is 5.27. The lowest BCUT2D eigenvalue weighted by molar-refractivity contribution is 0.143. The Morgan fingerprint density at radius 2 is 1.71 bits per heavy atom. The molecule has 3 aliphatic rings. The quantitative estimate of drug-likeness (QED) is 0.691. The van der Waals surface area contributed by atoms with Crippen LogP contribution in [0.4, 0.5) is 0 Å². The van der Waals surface area contributed by atoms with Crippen LogP contribution in [-0.2, 0) is 0 Å². The van der Waals surface area contributed by atoms with Crippen LogP contribution < -0.4 is 5.32 Å². The lowest BCUT2D eigenvalue weighted by atomic mass is 10.00. The molecule has 0 spiro atoms. The second-order valence-electron chi connectivity index (χ2n) is 8.91. The average Bonchev–Trinajstić information content (AvgIpc) is 3.16. The van der Waals surface area contributed by atoms with Crippen LogP contribution in [0, 0.1) is 0 Å². The van der Waals surface area contributed by atoms with E-state index in [0.29, 0.717) is 12.1 Å². The second-order valence-corrected chi connectivity index (χ2v) is 8.91. The van der Waals surface area contributed by atoms with Crippen molar-refractivity contribution in [2.45, 2.75) is 57.5 Å². The molecule has 1 aliphatic carbocycles. The SMILES string of the molecule is CC(CCN(C)CC(C1=CC=CC=CC1)N1CCNCC1)N1CCCCCC1. The van der Waals surface area contributed by atoms with E-state index in [9.17, 15) is 0 Å². The van der Waals surface area contributed by atoms with Gasteiger partial charge in [-0.05, 0) is 64.9 Å². The van der Waals surface area contributed by atoms with Crippen LogP contribution in [0.15, 0.2) is 36.0 Å². The van der Waals surface area contributed by atoms with E-state index < -0.39 is 0 Å². The van der Waals surface area contributed by atoms with Gasteiger partial charge in [-0.25, -0.2) is 0 Å². The fraction of sp³-hybridized carbons (Fsp3) is 0.750. The Balaban J connectivity index is 1.54. The first-order valence-electron chi connectivity index (χ1n) is 11.6. The second kappa shape index (κ2) is 11.9. The van der Waals surface area contributed by atoms with Crippen molar-refractivity contribution in [1.82, 2.24) is 20.0 Å². The first-order chi connectivity index (χ1) is 13.7. The maximum Gasteiger partial charge on any atom is 0.0442 e. The minimum Gasteiger partial charge on any atom is -0.314 e. The van der Waals surface area contributed by atoms with Gasteiger partial charge in [-0.3, -0.25) is 4.90 Å². The van der Waals surface area contributed by atoms with Gasteiger partial charge in [0.05, 0.1) is 0 Å². The summed E-state index contributed by atoms with van der Waals surface area (Å²) in [5, 5.41) is 3.51. The van der Waals surface area contributed by atoms with Gasteiger partial charge in [0.1, 0.15) is 0 Å². The standard InChI is InChI=1S/C24H42N4/c1-22(27-16-9-5-6-10-17-27)13-18-26(2)21-24(28-19-14-25-15-20-28)23-11-7-3-4-8-12-23/h3-4,7-8,11,22,24-25H,5-6,9-10,12-21H2,1-2H3. The van der Waals surface area contributed by atoms with Crippen molar-refractivity contribution in [3.05, 3.63) is 36.0 Å². The molecule has 2 fully saturated rings. The zero-order chi connectivity index (χ0) is 19.6. The van der Waals surface area contributed by atoms with Gasteiger partial charge >= 0.3 is 0 Å². The molecule has 0 aromatic heterocycles. The van der Waals surface area contributed by atoms with E-state index in [4.69, 9.17) is 0 Å². The van der Waals surface area contributed by atoms with Gasteiger partial charge in [-0.2, -0.15) is 0 Å². The number of nitrogens with zero attached hydrogens (tertiary/aromatic N) is 3. The number of allylic oxidation sites excluding steroid dienone is 5. The Morgan fingerprint density at radius 3 is 2.46 bits per heavy atom. The summed E-state index contributed by atoms with van der Waals surface area (Å²) in [6, 6.07) is 1.24. The summed E-state index contributed by atoms with van der Waals surface area (Å²) in [5.74, 6) is 0. The van der Waals surface area contributed by atoms with Gasteiger partial charge in [0.15, 0.2) is 0 Å². The predicted molar refractivity (Wildman–Crippen MR) is 121 cm³/mol. The lowest BCUT2D eigenvalue weighted by Gasteiger charge is -2.38. The maximum absolute atomic E-state index is 3.51. The van der Waals surface area contributed by atoms with Crippen molar-refractivity contribution in [1.29, 1.82) is 0 Å². The Bertz CT molecular complexity index is 525. The minimum absolute atomic E-state index is 0.535. The highest BCUT2D eigenvalue weighted by atomic mass is 15.2. The molecule has 1 N–H and O–H groups in total. The summed E-state index contributed by atoms with van der Waals surface area (Å²) in [7, 11) is 2.33. The monoisotopic (exact) mass is 386 g/mol. The number of hydrogen-bond donors (Lipinski definition) is 1. The number of rotatable bonds is 8. The molecule has 28 heavy (non-hydrogen) atoms. The van der Waals surface area contributed by atoms with E-state index in [0.717, 1.165) is 39.1 Å². The van der Waals surface area contributed by atoms with Gasteiger partial charge < -0.3 is 15.1 Å². The van der Waals surface area contributed by atoms with Crippen LogP contribution in [0.25, 0.3) is 0 Å². The van der Waals surface area contributed by atoms with E-state index in [2.05, 4.69) is 64.4 Å². The Morgan fingerprint density at radius 1 is 0.964 bits per heavy atom. The summed E-state index contributed by atoms with van der Waals surface area (Å²) in [6.45, 7) is 11.9. The molecule has 2 heterocycles. The minimum atomic E-state index is 0.535. The smallest absolute Gasteiger partial charge is 0.0442 e. The third-order valence-electron chi connectivity index (χ3n) is 6.72. The highest BCUT2D eigenvalue weighted by Gasteiger charge is 2.25. The molecule has 0 saturated carbocycles. The average molecular weight is 387 g/mol. The van der Waals surface area contributed by atoms with Crippen molar-refractivity contribution in [2.75, 3.05) is 59.4 Å². The summed E-state index contributed by atoms with van der Waals surface area (Å²) in [5.41, 5.74) is 1.57. The topological polar surface area (TPSA) is 21.8 Å². The van der Waals surface area contributed by atoms with E-state index in [-0.39, 0.29) is 0 Å². The first-order valence-corrected chi connectivity index (χ1v) is 11.6. The van der Waals surface area contributed by atoms with Crippen molar-refractivity contribution in [3.8, 4) is 0 Å². The van der Waals surface area contributed by atoms with Crippen LogP contribution >= 0.6 is 0 Å². The van der Waals surface area contributed by atoms with Crippen LogP contribution in [0.1, 0.15) is 45.4 Å². The summed E-state index contributed by atoms with van der Waals surface area (Å²) < 4.78 is 0. The number of nitrogens with one attached hydrogen (secondary N) is 1. The first kappa shape index (κ1) is 21.8. The molecule has 158 valence electrons. The molecular weight excluding hydrogens is 344 g/mol. The molecule has 2 unspecified atom stereocenters. The number of piperazine rings is 1. The predicted octanol–water partition coefficient (Wildman–Crippen LogP) is 3.29. The largest absolute Gasteiger partial charge is 0.314 e. The normalized spacial score (nSPS) is 24.6. The van der Waals surface area contributed by atoms with Crippen molar-refractivity contribution in [3.63, 3.8) is 0 Å². The van der Waals surface area contributed by atoms with Gasteiger partial charge in [-0.1, -0.05) is 43.2 Å². The van der Waals surface area contributed by atoms with E-state index in [1.54, 1.807) is 5.57 Å². The molecule has 4 nitrogen and oxygen atoms in total. The molecule has 4 heteroatoms. The van der Waals surface area contributed by atoms with Gasteiger partial charge in [0.25, 0.3) is 0 Å². The van der Waals surface area contributed by atoms with E-state index in [1.165, 1.54) is 51.7 Å². The fourth-order valence-electron chi connectivity index (χ4n) is 4.81. The maximum atomic E-state index is 3.51.